The van der Waals surface area contributed by atoms with Crippen LogP contribution in [0.15, 0.2) is 66.7 Å². The fraction of sp³-hybridized carbons (Fsp3) is 0.357. The first-order valence-corrected chi connectivity index (χ1v) is 13.5. The van der Waals surface area contributed by atoms with Crippen molar-refractivity contribution in [3.05, 3.63) is 77.9 Å². The second kappa shape index (κ2) is 13.4. The third-order valence-corrected chi connectivity index (χ3v) is 6.66. The van der Waals surface area contributed by atoms with Gasteiger partial charge in [-0.15, -0.1) is 0 Å². The number of amides is 2. The zero-order valence-corrected chi connectivity index (χ0v) is 23.3. The van der Waals surface area contributed by atoms with Crippen molar-refractivity contribution in [2.24, 2.45) is 5.73 Å². The molecule has 1 aliphatic heterocycles. The Morgan fingerprint density at radius 1 is 0.949 bits per heavy atom. The van der Waals surface area contributed by atoms with Crippen LogP contribution in [0.3, 0.4) is 0 Å². The zero-order chi connectivity index (χ0) is 27.8. The van der Waals surface area contributed by atoms with Crippen molar-refractivity contribution >= 4 is 57.8 Å². The van der Waals surface area contributed by atoms with Gasteiger partial charge in [-0.1, -0.05) is 83.3 Å². The van der Waals surface area contributed by atoms with Crippen molar-refractivity contribution < 1.29 is 28.5 Å². The Morgan fingerprint density at radius 2 is 1.74 bits per heavy atom. The lowest BCUT2D eigenvalue weighted by atomic mass is 9.87. The maximum Gasteiger partial charge on any atom is 0.409 e. The van der Waals surface area contributed by atoms with Crippen molar-refractivity contribution in [2.75, 3.05) is 32.9 Å². The second-order valence-corrected chi connectivity index (χ2v) is 11.6. The number of primary amides is 1. The summed E-state index contributed by atoms with van der Waals surface area (Å²) in [5, 5.41) is 2.28. The maximum absolute atomic E-state index is 12.7. The molecule has 0 aliphatic carbocycles. The summed E-state index contributed by atoms with van der Waals surface area (Å²) in [5.41, 5.74) is 7.02. The molecule has 2 N–H and O–H groups in total. The molecule has 0 saturated carbocycles. The number of nitrogens with two attached hydrogens (primary N) is 1. The van der Waals surface area contributed by atoms with E-state index in [4.69, 9.17) is 59.5 Å². The molecule has 0 spiro atoms. The molecule has 1 fully saturated rings. The van der Waals surface area contributed by atoms with Crippen LogP contribution in [-0.2, 0) is 20.8 Å². The highest BCUT2D eigenvalue weighted by Gasteiger charge is 2.35. The number of fused-ring (bicyclic) bond motifs is 1. The summed E-state index contributed by atoms with van der Waals surface area (Å²) in [5.74, 6) is 0.603. The molecule has 1 heterocycles. The number of halogens is 3. The van der Waals surface area contributed by atoms with Crippen LogP contribution in [-0.4, -0.2) is 59.9 Å². The average Bonchev–Trinajstić information content (AvgIpc) is 2.92. The number of ether oxygens (including phenoxy) is 4. The summed E-state index contributed by atoms with van der Waals surface area (Å²) in [6.45, 7) is 0.973. The van der Waals surface area contributed by atoms with Crippen molar-refractivity contribution in [3.63, 3.8) is 0 Å². The lowest BCUT2D eigenvalue weighted by molar-refractivity contribution is -0.0236. The summed E-state index contributed by atoms with van der Waals surface area (Å²) in [4.78, 5) is 25.1. The van der Waals surface area contributed by atoms with Gasteiger partial charge in [0.25, 0.3) is 0 Å². The van der Waals surface area contributed by atoms with E-state index in [9.17, 15) is 9.59 Å². The van der Waals surface area contributed by atoms with Crippen LogP contribution in [0.5, 0.6) is 5.75 Å². The molecule has 1 aliphatic rings. The predicted octanol–water partition coefficient (Wildman–Crippen LogP) is 6.20. The lowest BCUT2D eigenvalue weighted by Gasteiger charge is -2.38. The second-order valence-electron chi connectivity index (χ2n) is 9.13. The van der Waals surface area contributed by atoms with E-state index in [1.807, 2.05) is 42.5 Å². The van der Waals surface area contributed by atoms with E-state index in [1.54, 1.807) is 4.90 Å². The number of likely N-dealkylation sites (tertiary alicyclic amines) is 1. The Labute approximate surface area is 241 Å². The summed E-state index contributed by atoms with van der Waals surface area (Å²) in [7, 11) is 0. The number of carbonyl (C=O) groups is 2. The molecule has 0 aromatic heterocycles. The van der Waals surface area contributed by atoms with Crippen LogP contribution >= 0.6 is 34.8 Å². The number of nitrogens with zero attached hydrogens (tertiary/aromatic N) is 1. The molecule has 4 rings (SSSR count). The molecular formula is C28H29Cl3N2O6. The average molecular weight is 596 g/mol. The Balaban J connectivity index is 1.48. The van der Waals surface area contributed by atoms with E-state index in [0.29, 0.717) is 31.9 Å². The molecule has 8 nitrogen and oxygen atoms in total. The van der Waals surface area contributed by atoms with E-state index >= 15 is 0 Å². The van der Waals surface area contributed by atoms with E-state index in [2.05, 4.69) is 24.3 Å². The van der Waals surface area contributed by atoms with Gasteiger partial charge in [-0.05, 0) is 46.5 Å². The van der Waals surface area contributed by atoms with E-state index in [0.717, 1.165) is 21.9 Å². The topological polar surface area (TPSA) is 100 Å². The van der Waals surface area contributed by atoms with Crippen molar-refractivity contribution in [3.8, 4) is 5.75 Å². The van der Waals surface area contributed by atoms with Gasteiger partial charge in [0.15, 0.2) is 0 Å². The number of rotatable bonds is 9. The van der Waals surface area contributed by atoms with Crippen LogP contribution in [0.4, 0.5) is 9.59 Å². The molecule has 0 bridgehead atoms. The minimum atomic E-state index is -1.69. The van der Waals surface area contributed by atoms with Gasteiger partial charge in [0.2, 0.25) is 3.79 Å². The van der Waals surface area contributed by atoms with Gasteiger partial charge in [-0.3, -0.25) is 0 Å². The zero-order valence-electron chi connectivity index (χ0n) is 21.1. The molecule has 3 aromatic carbocycles. The molecule has 39 heavy (non-hydrogen) atoms. The highest BCUT2D eigenvalue weighted by atomic mass is 35.6. The molecule has 2 amide bonds. The number of alkyl halides is 3. The normalized spacial score (nSPS) is 17.6. The fourth-order valence-corrected chi connectivity index (χ4v) is 4.70. The van der Waals surface area contributed by atoms with E-state index in [1.165, 1.54) is 0 Å². The highest BCUT2D eigenvalue weighted by Crippen LogP contribution is 2.34. The minimum absolute atomic E-state index is 0.0203. The first kappa shape index (κ1) is 29.1. The molecule has 0 radical (unpaired) electrons. The third-order valence-electron chi connectivity index (χ3n) is 6.34. The summed E-state index contributed by atoms with van der Waals surface area (Å²) >= 11 is 17.3. The van der Waals surface area contributed by atoms with Crippen LogP contribution in [0, 0.1) is 0 Å². The molecule has 2 unspecified atom stereocenters. The third kappa shape index (κ3) is 8.80. The largest absolute Gasteiger partial charge is 0.490 e. The molecule has 11 heteroatoms. The van der Waals surface area contributed by atoms with Crippen LogP contribution in [0.2, 0.25) is 0 Å². The van der Waals surface area contributed by atoms with Crippen LogP contribution in [0.1, 0.15) is 23.5 Å². The Morgan fingerprint density at radius 3 is 2.51 bits per heavy atom. The summed E-state index contributed by atoms with van der Waals surface area (Å²) < 4.78 is 20.4. The minimum Gasteiger partial charge on any atom is -0.490 e. The first-order valence-electron chi connectivity index (χ1n) is 12.4. The van der Waals surface area contributed by atoms with Crippen LogP contribution < -0.4 is 10.5 Å². The van der Waals surface area contributed by atoms with Gasteiger partial charge in [-0.2, -0.15) is 0 Å². The first-order chi connectivity index (χ1) is 18.7. The number of hydrogen-bond acceptors (Lipinski definition) is 6. The van der Waals surface area contributed by atoms with Gasteiger partial charge in [0.05, 0.1) is 19.3 Å². The fourth-order valence-electron chi connectivity index (χ4n) is 4.54. The smallest absolute Gasteiger partial charge is 0.409 e. The van der Waals surface area contributed by atoms with Crippen molar-refractivity contribution in [1.82, 2.24) is 4.90 Å². The number of benzene rings is 3. The number of carbonyl (C=O) groups excluding carboxylic acids is 2. The van der Waals surface area contributed by atoms with Gasteiger partial charge in [-0.25, -0.2) is 9.59 Å². The predicted molar refractivity (Wildman–Crippen MR) is 151 cm³/mol. The van der Waals surface area contributed by atoms with Crippen LogP contribution in [0.25, 0.3) is 10.8 Å². The summed E-state index contributed by atoms with van der Waals surface area (Å²) in [6, 6.07) is 22.0. The van der Waals surface area contributed by atoms with Crippen molar-refractivity contribution in [2.45, 2.75) is 28.8 Å². The monoisotopic (exact) mass is 594 g/mol. The SMILES string of the molecule is NC(=O)OCCOc1cccc(C2CCN(C(=O)OCC(Cl)(Cl)Cl)CC2OCc2ccc3ccccc3c2)c1. The Hall–Kier alpha value is -2.91. The Kier molecular flexibility index (Phi) is 10.0. The standard InChI is InChI=1S/C28H29Cl3N2O6/c29-28(30,31)18-39-27(35)33-11-10-24(22-6-3-7-23(15-22)36-12-13-37-26(32)34)25(16-33)38-17-19-8-9-20-4-1-2-5-21(20)14-19/h1-9,14-15,24-25H,10-13,16-18H2,(H2,32,34). The molecular weight excluding hydrogens is 567 g/mol. The maximum atomic E-state index is 12.7. The van der Waals surface area contributed by atoms with Gasteiger partial charge in [0, 0.05) is 12.5 Å². The Bertz CT molecular complexity index is 1290. The highest BCUT2D eigenvalue weighted by molar-refractivity contribution is 6.67. The van der Waals surface area contributed by atoms with E-state index < -0.39 is 16.0 Å². The molecule has 3 aromatic rings. The van der Waals surface area contributed by atoms with E-state index in [-0.39, 0.29) is 31.8 Å². The number of piperidine rings is 1. The van der Waals surface area contributed by atoms with Crippen molar-refractivity contribution in [1.29, 1.82) is 0 Å². The quantitative estimate of drug-likeness (QED) is 0.234. The molecule has 208 valence electrons. The van der Waals surface area contributed by atoms with Gasteiger partial charge >= 0.3 is 12.2 Å². The van der Waals surface area contributed by atoms with Gasteiger partial charge in [0.1, 0.15) is 25.6 Å². The molecule has 2 atom stereocenters. The summed E-state index contributed by atoms with van der Waals surface area (Å²) in [6.07, 6.45) is -1.12. The number of hydrogen-bond donors (Lipinski definition) is 1. The van der Waals surface area contributed by atoms with Gasteiger partial charge < -0.3 is 29.6 Å². The molecule has 1 saturated heterocycles. The lowest BCUT2D eigenvalue weighted by Crippen LogP contribution is -2.47.